The number of benzene rings is 1. The second-order valence-electron chi connectivity index (χ2n) is 5.62. The van der Waals surface area contributed by atoms with Gasteiger partial charge < -0.3 is 20.1 Å². The first-order chi connectivity index (χ1) is 10.8. The molecular weight excluding hydrogens is 316 g/mol. The second-order valence-corrected chi connectivity index (χ2v) is 5.62. The molecule has 1 aromatic rings. The van der Waals surface area contributed by atoms with E-state index in [0.717, 1.165) is 37.4 Å². The van der Waals surface area contributed by atoms with Gasteiger partial charge >= 0.3 is 0 Å². The van der Waals surface area contributed by atoms with Gasteiger partial charge in [-0.3, -0.25) is 4.79 Å². The molecule has 1 fully saturated rings. The van der Waals surface area contributed by atoms with Crippen LogP contribution in [-0.2, 0) is 4.79 Å². The van der Waals surface area contributed by atoms with Crippen LogP contribution in [0.25, 0.3) is 0 Å². The maximum Gasteiger partial charge on any atom is 0.220 e. The van der Waals surface area contributed by atoms with Crippen molar-refractivity contribution in [2.45, 2.75) is 25.7 Å². The minimum atomic E-state index is 0. The van der Waals surface area contributed by atoms with Gasteiger partial charge in [0.2, 0.25) is 5.91 Å². The molecule has 1 aromatic carbocycles. The van der Waals surface area contributed by atoms with Crippen molar-refractivity contribution in [3.8, 4) is 11.5 Å². The fourth-order valence-electron chi connectivity index (χ4n) is 2.55. The average Bonchev–Trinajstić information content (AvgIpc) is 3.06. The maximum atomic E-state index is 11.7. The number of halogens is 1. The van der Waals surface area contributed by atoms with Crippen LogP contribution in [0.15, 0.2) is 24.3 Å². The van der Waals surface area contributed by atoms with Gasteiger partial charge in [0.25, 0.3) is 0 Å². The van der Waals surface area contributed by atoms with Crippen molar-refractivity contribution in [1.29, 1.82) is 0 Å². The maximum absolute atomic E-state index is 11.7. The number of carbonyl (C=O) groups excluding carboxylic acids is 1. The van der Waals surface area contributed by atoms with Gasteiger partial charge in [0.15, 0.2) is 0 Å². The number of carbonyl (C=O) groups is 1. The number of ether oxygens (including phenoxy) is 2. The molecule has 23 heavy (non-hydrogen) atoms. The number of hydrogen-bond acceptors (Lipinski definition) is 4. The van der Waals surface area contributed by atoms with Crippen molar-refractivity contribution in [3.05, 3.63) is 24.3 Å². The Morgan fingerprint density at radius 2 is 2.04 bits per heavy atom. The smallest absolute Gasteiger partial charge is 0.220 e. The summed E-state index contributed by atoms with van der Waals surface area (Å²) in [7, 11) is 1.64. The molecule has 6 heteroatoms. The number of amides is 1. The van der Waals surface area contributed by atoms with E-state index in [9.17, 15) is 4.79 Å². The van der Waals surface area contributed by atoms with E-state index in [2.05, 4.69) is 10.6 Å². The molecule has 2 N–H and O–H groups in total. The van der Waals surface area contributed by atoms with E-state index in [4.69, 9.17) is 9.47 Å². The molecule has 1 amide bonds. The minimum absolute atomic E-state index is 0. The van der Waals surface area contributed by atoms with Gasteiger partial charge in [0.05, 0.1) is 13.7 Å². The summed E-state index contributed by atoms with van der Waals surface area (Å²) in [6.45, 7) is 3.41. The Kier molecular flexibility index (Phi) is 9.48. The van der Waals surface area contributed by atoms with Gasteiger partial charge in [-0.15, -0.1) is 12.4 Å². The van der Waals surface area contributed by atoms with Crippen molar-refractivity contribution in [2.75, 3.05) is 33.4 Å². The summed E-state index contributed by atoms with van der Waals surface area (Å²) in [5.41, 5.74) is 0. The molecular formula is C17H27ClN2O3. The first kappa shape index (κ1) is 19.6. The van der Waals surface area contributed by atoms with Gasteiger partial charge in [0.1, 0.15) is 11.5 Å². The summed E-state index contributed by atoms with van der Waals surface area (Å²) >= 11 is 0. The normalized spacial score (nSPS) is 16.5. The summed E-state index contributed by atoms with van der Waals surface area (Å²) in [6.07, 6.45) is 3.62. The Morgan fingerprint density at radius 1 is 1.30 bits per heavy atom. The summed E-state index contributed by atoms with van der Waals surface area (Å²) in [6, 6.07) is 7.50. The van der Waals surface area contributed by atoms with E-state index in [-0.39, 0.29) is 18.3 Å². The highest BCUT2D eigenvalue weighted by Gasteiger charge is 2.15. The predicted molar refractivity (Wildman–Crippen MR) is 93.6 cm³/mol. The molecule has 0 radical (unpaired) electrons. The summed E-state index contributed by atoms with van der Waals surface area (Å²) in [5, 5.41) is 6.27. The van der Waals surface area contributed by atoms with Crippen molar-refractivity contribution in [1.82, 2.24) is 10.6 Å². The molecule has 0 spiro atoms. The zero-order valence-corrected chi connectivity index (χ0v) is 14.5. The molecule has 0 aliphatic carbocycles. The molecule has 0 aromatic heterocycles. The van der Waals surface area contributed by atoms with E-state index >= 15 is 0 Å². The Morgan fingerprint density at radius 3 is 2.70 bits per heavy atom. The van der Waals surface area contributed by atoms with E-state index in [1.54, 1.807) is 7.11 Å². The van der Waals surface area contributed by atoms with Crippen LogP contribution in [0, 0.1) is 5.92 Å². The lowest BCUT2D eigenvalue weighted by Gasteiger charge is -2.09. The minimum Gasteiger partial charge on any atom is -0.497 e. The lowest BCUT2D eigenvalue weighted by molar-refractivity contribution is -0.121. The van der Waals surface area contributed by atoms with Crippen LogP contribution in [0.3, 0.4) is 0 Å². The van der Waals surface area contributed by atoms with Crippen LogP contribution in [0.4, 0.5) is 0 Å². The highest BCUT2D eigenvalue weighted by Crippen LogP contribution is 2.17. The van der Waals surface area contributed by atoms with Crippen LogP contribution < -0.4 is 20.1 Å². The van der Waals surface area contributed by atoms with Crippen molar-refractivity contribution >= 4 is 18.3 Å². The van der Waals surface area contributed by atoms with E-state index < -0.39 is 0 Å². The van der Waals surface area contributed by atoms with Gasteiger partial charge in [-0.25, -0.2) is 0 Å². The molecule has 0 saturated carbocycles. The SMILES string of the molecule is COc1ccc(OCCCNC(=O)CCC2CCNC2)cc1.Cl. The summed E-state index contributed by atoms with van der Waals surface area (Å²) in [5.74, 6) is 2.46. The molecule has 1 saturated heterocycles. The average molecular weight is 343 g/mol. The molecule has 1 aliphatic rings. The lowest BCUT2D eigenvalue weighted by atomic mass is 10.0. The summed E-state index contributed by atoms with van der Waals surface area (Å²) in [4.78, 5) is 11.7. The fraction of sp³-hybridized carbons (Fsp3) is 0.588. The number of nitrogens with one attached hydrogen (secondary N) is 2. The zero-order chi connectivity index (χ0) is 15.6. The van der Waals surface area contributed by atoms with Crippen molar-refractivity contribution in [3.63, 3.8) is 0 Å². The standard InChI is InChI=1S/C17H26N2O3.ClH/c1-21-15-4-6-16(7-5-15)22-12-2-10-19-17(20)8-3-14-9-11-18-13-14;/h4-7,14,18H,2-3,8-13H2,1H3,(H,19,20);1H. The first-order valence-corrected chi connectivity index (χ1v) is 8.02. The second kappa shape index (κ2) is 11.1. The highest BCUT2D eigenvalue weighted by atomic mass is 35.5. The molecule has 130 valence electrons. The monoisotopic (exact) mass is 342 g/mol. The Hall–Kier alpha value is -1.46. The third-order valence-corrected chi connectivity index (χ3v) is 3.91. The lowest BCUT2D eigenvalue weighted by Crippen LogP contribution is -2.26. The third-order valence-electron chi connectivity index (χ3n) is 3.91. The van der Waals surface area contributed by atoms with Crippen molar-refractivity contribution < 1.29 is 14.3 Å². The molecule has 1 heterocycles. The molecule has 0 bridgehead atoms. The fourth-order valence-corrected chi connectivity index (χ4v) is 2.55. The predicted octanol–water partition coefficient (Wildman–Crippen LogP) is 2.39. The molecule has 1 aliphatic heterocycles. The molecule has 1 atom stereocenters. The number of methoxy groups -OCH3 is 1. The topological polar surface area (TPSA) is 59.6 Å². The van der Waals surface area contributed by atoms with Gasteiger partial charge in [-0.05, 0) is 62.5 Å². The first-order valence-electron chi connectivity index (χ1n) is 8.02. The molecule has 1 unspecified atom stereocenters. The van der Waals surface area contributed by atoms with Gasteiger partial charge in [-0.2, -0.15) is 0 Å². The van der Waals surface area contributed by atoms with Crippen LogP contribution >= 0.6 is 12.4 Å². The van der Waals surface area contributed by atoms with Gasteiger partial charge in [0, 0.05) is 13.0 Å². The van der Waals surface area contributed by atoms with Crippen LogP contribution in [0.5, 0.6) is 11.5 Å². The van der Waals surface area contributed by atoms with E-state index in [1.165, 1.54) is 6.42 Å². The third kappa shape index (κ3) is 7.57. The number of rotatable bonds is 9. The Balaban J connectivity index is 0.00000264. The molecule has 2 rings (SSSR count). The van der Waals surface area contributed by atoms with Gasteiger partial charge in [-0.1, -0.05) is 0 Å². The largest absolute Gasteiger partial charge is 0.497 e. The van der Waals surface area contributed by atoms with E-state index in [1.807, 2.05) is 24.3 Å². The highest BCUT2D eigenvalue weighted by molar-refractivity contribution is 5.85. The molecule has 5 nitrogen and oxygen atoms in total. The Bertz CT molecular complexity index is 448. The van der Waals surface area contributed by atoms with Crippen LogP contribution in [-0.4, -0.2) is 39.3 Å². The Labute approximate surface area is 144 Å². The quantitative estimate of drug-likeness (QED) is 0.676. The van der Waals surface area contributed by atoms with E-state index in [0.29, 0.717) is 25.5 Å². The number of hydrogen-bond donors (Lipinski definition) is 2. The van der Waals surface area contributed by atoms with Crippen LogP contribution in [0.1, 0.15) is 25.7 Å². The van der Waals surface area contributed by atoms with Crippen molar-refractivity contribution in [2.24, 2.45) is 5.92 Å². The zero-order valence-electron chi connectivity index (χ0n) is 13.7. The van der Waals surface area contributed by atoms with Crippen LogP contribution in [0.2, 0.25) is 0 Å². The summed E-state index contributed by atoms with van der Waals surface area (Å²) < 4.78 is 10.7.